The minimum atomic E-state index is 0.112. The third kappa shape index (κ3) is 2.25. The largest absolute Gasteiger partial charge is 0.343 e. The number of amides is 1. The van der Waals surface area contributed by atoms with Crippen molar-refractivity contribution in [2.75, 3.05) is 5.75 Å². The topological polar surface area (TPSA) is 29.1 Å². The lowest BCUT2D eigenvalue weighted by Crippen LogP contribution is -2.28. The van der Waals surface area contributed by atoms with Crippen molar-refractivity contribution in [2.45, 2.75) is 12.5 Å². The van der Waals surface area contributed by atoms with Crippen molar-refractivity contribution in [3.8, 4) is 0 Å². The van der Waals surface area contributed by atoms with Crippen molar-refractivity contribution in [2.24, 2.45) is 0 Å². The molecule has 0 bridgehead atoms. The quantitative estimate of drug-likeness (QED) is 0.779. The van der Waals surface area contributed by atoms with E-state index < -0.39 is 0 Å². The van der Waals surface area contributed by atoms with E-state index in [0.717, 1.165) is 12.2 Å². The fourth-order valence-electron chi connectivity index (χ4n) is 1.43. The second-order valence-corrected chi connectivity index (χ2v) is 4.12. The molecular formula is C10H11NOS. The Bertz CT molecular complexity index is 299. The van der Waals surface area contributed by atoms with Crippen molar-refractivity contribution in [3.05, 3.63) is 35.9 Å². The van der Waals surface area contributed by atoms with Gasteiger partial charge in [-0.15, -0.1) is 0 Å². The molecule has 68 valence electrons. The van der Waals surface area contributed by atoms with Gasteiger partial charge in [0.2, 0.25) is 0 Å². The first-order valence-electron chi connectivity index (χ1n) is 4.32. The molecule has 3 heteroatoms. The number of carbonyl (C=O) groups is 1. The summed E-state index contributed by atoms with van der Waals surface area (Å²) >= 11 is 1.37. The van der Waals surface area contributed by atoms with E-state index in [0.29, 0.717) is 6.04 Å². The number of rotatable bonds is 2. The summed E-state index contributed by atoms with van der Waals surface area (Å²) in [5, 5.41) is 3.04. The van der Waals surface area contributed by atoms with Crippen LogP contribution in [0.15, 0.2) is 30.3 Å². The van der Waals surface area contributed by atoms with Crippen molar-refractivity contribution < 1.29 is 4.79 Å². The molecule has 0 aromatic heterocycles. The van der Waals surface area contributed by atoms with Gasteiger partial charge in [0.15, 0.2) is 0 Å². The average molecular weight is 193 g/mol. The molecule has 0 spiro atoms. The molecule has 1 aromatic carbocycles. The highest BCUT2D eigenvalue weighted by atomic mass is 32.2. The first-order chi connectivity index (χ1) is 6.34. The molecule has 1 atom stereocenters. The number of carbonyl (C=O) groups excluding carboxylic acids is 1. The zero-order chi connectivity index (χ0) is 9.10. The Kier molecular flexibility index (Phi) is 2.54. The molecule has 2 nitrogen and oxygen atoms in total. The maximum absolute atomic E-state index is 10.9. The molecule has 1 heterocycles. The fraction of sp³-hybridized carbons (Fsp3) is 0.300. The second-order valence-electron chi connectivity index (χ2n) is 3.13. The van der Waals surface area contributed by atoms with Crippen LogP contribution in [0.25, 0.3) is 0 Å². The molecule has 1 amide bonds. The maximum atomic E-state index is 10.9. The third-order valence-corrected chi connectivity index (χ3v) is 3.01. The Balaban J connectivity index is 1.96. The SMILES string of the molecule is O=C1N[C@H](Cc2ccccc2)CS1. The highest BCUT2D eigenvalue weighted by Gasteiger charge is 2.21. The van der Waals surface area contributed by atoms with Gasteiger partial charge in [0.1, 0.15) is 0 Å². The summed E-state index contributed by atoms with van der Waals surface area (Å²) in [5.74, 6) is 0.897. The molecule has 1 aromatic rings. The highest BCUT2D eigenvalue weighted by Crippen LogP contribution is 2.16. The monoisotopic (exact) mass is 193 g/mol. The van der Waals surface area contributed by atoms with Gasteiger partial charge in [0, 0.05) is 11.8 Å². The van der Waals surface area contributed by atoms with Gasteiger partial charge < -0.3 is 5.32 Å². The standard InChI is InChI=1S/C10H11NOS/c12-10-11-9(7-13-10)6-8-4-2-1-3-5-8/h1-5,9H,6-7H2,(H,11,12)/t9-/m1/s1. The maximum Gasteiger partial charge on any atom is 0.279 e. The number of hydrogen-bond donors (Lipinski definition) is 1. The molecule has 0 unspecified atom stereocenters. The lowest BCUT2D eigenvalue weighted by Gasteiger charge is -2.07. The first-order valence-corrected chi connectivity index (χ1v) is 5.30. The van der Waals surface area contributed by atoms with Crippen molar-refractivity contribution >= 4 is 17.0 Å². The van der Waals surface area contributed by atoms with Crippen LogP contribution < -0.4 is 5.32 Å². The Morgan fingerprint density at radius 3 is 2.77 bits per heavy atom. The fourth-order valence-corrected chi connectivity index (χ4v) is 2.24. The van der Waals surface area contributed by atoms with Gasteiger partial charge in [-0.05, 0) is 12.0 Å². The Hall–Kier alpha value is -0.960. The van der Waals surface area contributed by atoms with E-state index in [4.69, 9.17) is 0 Å². The molecule has 1 aliphatic heterocycles. The molecule has 1 aliphatic rings. The smallest absolute Gasteiger partial charge is 0.279 e. The van der Waals surface area contributed by atoms with Crippen LogP contribution in [-0.2, 0) is 6.42 Å². The van der Waals surface area contributed by atoms with Crippen LogP contribution in [0.1, 0.15) is 5.56 Å². The number of benzene rings is 1. The van der Waals surface area contributed by atoms with Gasteiger partial charge in [-0.25, -0.2) is 0 Å². The molecule has 13 heavy (non-hydrogen) atoms. The van der Waals surface area contributed by atoms with Gasteiger partial charge in [-0.3, -0.25) is 4.79 Å². The third-order valence-electron chi connectivity index (χ3n) is 2.06. The molecule has 1 fully saturated rings. The van der Waals surface area contributed by atoms with Gasteiger partial charge in [0.25, 0.3) is 5.24 Å². The average Bonchev–Trinajstić information content (AvgIpc) is 2.53. The molecule has 1 saturated heterocycles. The van der Waals surface area contributed by atoms with Gasteiger partial charge in [0.05, 0.1) is 0 Å². The van der Waals surface area contributed by atoms with E-state index in [-0.39, 0.29) is 5.24 Å². The van der Waals surface area contributed by atoms with Crippen molar-refractivity contribution in [3.63, 3.8) is 0 Å². The van der Waals surface area contributed by atoms with Gasteiger partial charge in [-0.1, -0.05) is 42.1 Å². The zero-order valence-electron chi connectivity index (χ0n) is 7.19. The lowest BCUT2D eigenvalue weighted by atomic mass is 10.1. The van der Waals surface area contributed by atoms with Gasteiger partial charge in [-0.2, -0.15) is 0 Å². The predicted molar refractivity (Wildman–Crippen MR) is 54.9 cm³/mol. The van der Waals surface area contributed by atoms with Crippen LogP contribution >= 0.6 is 11.8 Å². The second kappa shape index (κ2) is 3.83. The van der Waals surface area contributed by atoms with E-state index in [9.17, 15) is 4.79 Å². The summed E-state index contributed by atoms with van der Waals surface area (Å²) in [6.45, 7) is 0. The number of hydrogen-bond acceptors (Lipinski definition) is 2. The normalized spacial score (nSPS) is 21.5. The van der Waals surface area contributed by atoms with Crippen molar-refractivity contribution in [1.82, 2.24) is 5.32 Å². The Morgan fingerprint density at radius 1 is 1.38 bits per heavy atom. The zero-order valence-corrected chi connectivity index (χ0v) is 8.01. The molecular weight excluding hydrogens is 182 g/mol. The minimum absolute atomic E-state index is 0.112. The molecule has 0 saturated carbocycles. The Morgan fingerprint density at radius 2 is 2.15 bits per heavy atom. The minimum Gasteiger partial charge on any atom is -0.343 e. The van der Waals surface area contributed by atoms with E-state index in [2.05, 4.69) is 17.4 Å². The summed E-state index contributed by atoms with van der Waals surface area (Å²) in [6.07, 6.45) is 0.944. The highest BCUT2D eigenvalue weighted by molar-refractivity contribution is 8.13. The van der Waals surface area contributed by atoms with E-state index in [1.807, 2.05) is 18.2 Å². The molecule has 0 radical (unpaired) electrons. The van der Waals surface area contributed by atoms with Gasteiger partial charge >= 0.3 is 0 Å². The summed E-state index contributed by atoms with van der Waals surface area (Å²) in [7, 11) is 0. The van der Waals surface area contributed by atoms with E-state index in [1.165, 1.54) is 17.3 Å². The summed E-state index contributed by atoms with van der Waals surface area (Å²) < 4.78 is 0. The van der Waals surface area contributed by atoms with Crippen LogP contribution in [0.2, 0.25) is 0 Å². The summed E-state index contributed by atoms with van der Waals surface area (Å²) in [5.41, 5.74) is 1.29. The van der Waals surface area contributed by atoms with E-state index in [1.54, 1.807) is 0 Å². The first kappa shape index (κ1) is 8.63. The number of thioether (sulfide) groups is 1. The summed E-state index contributed by atoms with van der Waals surface area (Å²) in [6, 6.07) is 10.6. The Labute approximate surface area is 81.7 Å². The van der Waals surface area contributed by atoms with E-state index >= 15 is 0 Å². The van der Waals surface area contributed by atoms with Crippen LogP contribution in [-0.4, -0.2) is 17.0 Å². The van der Waals surface area contributed by atoms with Crippen LogP contribution in [0.4, 0.5) is 4.79 Å². The molecule has 0 aliphatic carbocycles. The van der Waals surface area contributed by atoms with Crippen molar-refractivity contribution in [1.29, 1.82) is 0 Å². The van der Waals surface area contributed by atoms with Crippen LogP contribution in [0, 0.1) is 0 Å². The number of nitrogens with one attached hydrogen (secondary N) is 1. The van der Waals surface area contributed by atoms with Crippen LogP contribution in [0.3, 0.4) is 0 Å². The lowest BCUT2D eigenvalue weighted by molar-refractivity contribution is 0.260. The van der Waals surface area contributed by atoms with Crippen LogP contribution in [0.5, 0.6) is 0 Å². The molecule has 1 N–H and O–H groups in total. The summed E-state index contributed by atoms with van der Waals surface area (Å²) in [4.78, 5) is 10.9. The predicted octanol–water partition coefficient (Wildman–Crippen LogP) is 2.05. The molecule has 2 rings (SSSR count).